The van der Waals surface area contributed by atoms with E-state index in [9.17, 15) is 4.79 Å². The first kappa shape index (κ1) is 15.9. The van der Waals surface area contributed by atoms with Crippen molar-refractivity contribution in [3.63, 3.8) is 0 Å². The van der Waals surface area contributed by atoms with E-state index in [2.05, 4.69) is 25.6 Å². The van der Waals surface area contributed by atoms with Crippen LogP contribution >= 0.6 is 11.3 Å². The fourth-order valence-corrected chi connectivity index (χ4v) is 3.59. The molecule has 2 aromatic rings. The summed E-state index contributed by atoms with van der Waals surface area (Å²) in [7, 11) is 0. The van der Waals surface area contributed by atoms with Crippen molar-refractivity contribution in [2.24, 2.45) is 5.92 Å². The van der Waals surface area contributed by atoms with Crippen molar-refractivity contribution in [3.8, 4) is 0 Å². The normalized spacial score (nSPS) is 18.2. The minimum absolute atomic E-state index is 0.0538. The predicted molar refractivity (Wildman–Crippen MR) is 90.8 cm³/mol. The highest BCUT2D eigenvalue weighted by Crippen LogP contribution is 2.30. The molecule has 1 fully saturated rings. The molecule has 3 rings (SSSR count). The van der Waals surface area contributed by atoms with E-state index in [-0.39, 0.29) is 11.8 Å². The molecule has 0 bridgehead atoms. The van der Waals surface area contributed by atoms with Gasteiger partial charge in [0, 0.05) is 42.7 Å². The van der Waals surface area contributed by atoms with Crippen molar-refractivity contribution in [1.29, 1.82) is 0 Å². The van der Waals surface area contributed by atoms with Crippen LogP contribution in [0.3, 0.4) is 0 Å². The van der Waals surface area contributed by atoms with Crippen LogP contribution in [-0.4, -0.2) is 38.8 Å². The summed E-state index contributed by atoms with van der Waals surface area (Å²) in [5.74, 6) is 1.30. The molecule has 3 heterocycles. The second-order valence-corrected chi connectivity index (χ2v) is 6.93. The van der Waals surface area contributed by atoms with Crippen LogP contribution in [0.1, 0.15) is 38.3 Å². The van der Waals surface area contributed by atoms with E-state index in [1.54, 1.807) is 29.9 Å². The molecule has 0 saturated carbocycles. The van der Waals surface area contributed by atoms with Crippen LogP contribution in [0.2, 0.25) is 0 Å². The first-order valence-electron chi connectivity index (χ1n) is 7.90. The van der Waals surface area contributed by atoms with Crippen LogP contribution in [-0.2, 0) is 4.79 Å². The van der Waals surface area contributed by atoms with Crippen molar-refractivity contribution >= 4 is 28.2 Å². The van der Waals surface area contributed by atoms with Crippen molar-refractivity contribution in [1.82, 2.24) is 19.9 Å². The van der Waals surface area contributed by atoms with Crippen LogP contribution in [0, 0.1) is 5.92 Å². The molecule has 0 spiro atoms. The highest BCUT2D eigenvalue weighted by atomic mass is 32.1. The summed E-state index contributed by atoms with van der Waals surface area (Å²) < 4.78 is 0. The smallest absolute Gasteiger partial charge is 0.225 e. The summed E-state index contributed by atoms with van der Waals surface area (Å²) >= 11 is 1.56. The number of thiazole rings is 1. The zero-order chi connectivity index (χ0) is 16.2. The average Bonchev–Trinajstić information content (AvgIpc) is 3.03. The molecule has 1 N–H and O–H groups in total. The molecule has 1 amide bonds. The van der Waals surface area contributed by atoms with Crippen molar-refractivity contribution in [2.45, 2.75) is 32.6 Å². The second-order valence-electron chi connectivity index (χ2n) is 6.07. The second kappa shape index (κ2) is 7.04. The zero-order valence-corrected chi connectivity index (χ0v) is 14.2. The summed E-state index contributed by atoms with van der Waals surface area (Å²) in [4.78, 5) is 27.1. The number of rotatable bonds is 4. The monoisotopic (exact) mass is 331 g/mol. The first-order valence-corrected chi connectivity index (χ1v) is 8.78. The molecule has 1 atom stereocenters. The Morgan fingerprint density at radius 3 is 3.04 bits per heavy atom. The minimum atomic E-state index is 0.0538. The molecule has 1 unspecified atom stereocenters. The SMILES string of the molecule is CC(C)C(=O)N1CCCC(c2csc(Nc3cnccn3)n2)C1. The van der Waals surface area contributed by atoms with Gasteiger partial charge < -0.3 is 10.2 Å². The number of piperidine rings is 1. The van der Waals surface area contributed by atoms with Gasteiger partial charge in [-0.2, -0.15) is 0 Å². The summed E-state index contributed by atoms with van der Waals surface area (Å²) in [6.45, 7) is 5.54. The molecule has 7 heteroatoms. The first-order chi connectivity index (χ1) is 11.1. The highest BCUT2D eigenvalue weighted by molar-refractivity contribution is 7.13. The lowest BCUT2D eigenvalue weighted by Crippen LogP contribution is -2.41. The van der Waals surface area contributed by atoms with Crippen molar-refractivity contribution < 1.29 is 4.79 Å². The lowest BCUT2D eigenvalue weighted by atomic mass is 9.94. The Kier molecular flexibility index (Phi) is 4.85. The van der Waals surface area contributed by atoms with Gasteiger partial charge in [-0.25, -0.2) is 9.97 Å². The van der Waals surface area contributed by atoms with Gasteiger partial charge in [-0.1, -0.05) is 13.8 Å². The summed E-state index contributed by atoms with van der Waals surface area (Å²) in [6.07, 6.45) is 7.07. The van der Waals surface area contributed by atoms with Crippen LogP contribution < -0.4 is 5.32 Å². The highest BCUT2D eigenvalue weighted by Gasteiger charge is 2.27. The molecule has 122 valence electrons. The van der Waals surface area contributed by atoms with Gasteiger partial charge >= 0.3 is 0 Å². The third kappa shape index (κ3) is 3.85. The lowest BCUT2D eigenvalue weighted by molar-refractivity contribution is -0.135. The number of nitrogens with zero attached hydrogens (tertiary/aromatic N) is 4. The molecule has 2 aromatic heterocycles. The lowest BCUT2D eigenvalue weighted by Gasteiger charge is -2.33. The van der Waals surface area contributed by atoms with Gasteiger partial charge in [0.15, 0.2) is 10.9 Å². The number of carbonyl (C=O) groups excluding carboxylic acids is 1. The maximum absolute atomic E-state index is 12.2. The van der Waals surface area contributed by atoms with Crippen molar-refractivity contribution in [3.05, 3.63) is 29.7 Å². The standard InChI is InChI=1S/C16H21N5OS/c1-11(2)15(22)21-7-3-4-12(9-21)13-10-23-16(19-13)20-14-8-17-5-6-18-14/h5-6,8,10-12H,3-4,7,9H2,1-2H3,(H,18,19,20). The Hall–Kier alpha value is -2.02. The Balaban J connectivity index is 1.66. The van der Waals surface area contributed by atoms with Gasteiger partial charge in [0.1, 0.15) is 0 Å². The minimum Gasteiger partial charge on any atom is -0.342 e. The largest absolute Gasteiger partial charge is 0.342 e. The van der Waals surface area contributed by atoms with E-state index in [4.69, 9.17) is 0 Å². The van der Waals surface area contributed by atoms with E-state index in [1.165, 1.54) is 0 Å². The van der Waals surface area contributed by atoms with E-state index in [1.807, 2.05) is 18.7 Å². The molecular weight excluding hydrogens is 310 g/mol. The quantitative estimate of drug-likeness (QED) is 0.932. The van der Waals surface area contributed by atoms with Crippen LogP contribution in [0.15, 0.2) is 24.0 Å². The molecule has 0 radical (unpaired) electrons. The Labute approximate surface area is 140 Å². The molecule has 23 heavy (non-hydrogen) atoms. The van der Waals surface area contributed by atoms with Crippen LogP contribution in [0.25, 0.3) is 0 Å². The Morgan fingerprint density at radius 1 is 1.43 bits per heavy atom. The number of hydrogen-bond donors (Lipinski definition) is 1. The third-order valence-corrected chi connectivity index (χ3v) is 4.74. The molecule has 6 nitrogen and oxygen atoms in total. The molecule has 1 aliphatic heterocycles. The number of amides is 1. The third-order valence-electron chi connectivity index (χ3n) is 3.97. The molecular formula is C16H21N5OS. The average molecular weight is 331 g/mol. The maximum atomic E-state index is 12.2. The fourth-order valence-electron chi connectivity index (χ4n) is 2.79. The Bertz CT molecular complexity index is 658. The van der Waals surface area contributed by atoms with Gasteiger partial charge in [0.2, 0.25) is 5.91 Å². The summed E-state index contributed by atoms with van der Waals surface area (Å²) in [5, 5.41) is 6.06. The molecule has 1 saturated heterocycles. The number of nitrogens with one attached hydrogen (secondary N) is 1. The van der Waals surface area contributed by atoms with Gasteiger partial charge in [-0.05, 0) is 12.8 Å². The van der Waals surface area contributed by atoms with Gasteiger partial charge in [-0.15, -0.1) is 11.3 Å². The summed E-state index contributed by atoms with van der Waals surface area (Å²) in [6, 6.07) is 0. The molecule has 1 aliphatic rings. The number of likely N-dealkylation sites (tertiary alicyclic amines) is 1. The maximum Gasteiger partial charge on any atom is 0.225 e. The number of anilines is 2. The van der Waals surface area contributed by atoms with Crippen molar-refractivity contribution in [2.75, 3.05) is 18.4 Å². The molecule has 0 aromatic carbocycles. The number of carbonyl (C=O) groups is 1. The molecule has 0 aliphatic carbocycles. The zero-order valence-electron chi connectivity index (χ0n) is 13.4. The van der Waals surface area contributed by atoms with E-state index >= 15 is 0 Å². The van der Waals surface area contributed by atoms with Gasteiger partial charge in [-0.3, -0.25) is 9.78 Å². The van der Waals surface area contributed by atoms with Gasteiger partial charge in [0.05, 0.1) is 11.9 Å². The number of aromatic nitrogens is 3. The predicted octanol–water partition coefficient (Wildman–Crippen LogP) is 3.04. The van der Waals surface area contributed by atoms with Gasteiger partial charge in [0.25, 0.3) is 0 Å². The van der Waals surface area contributed by atoms with E-state index in [0.29, 0.717) is 11.7 Å². The summed E-state index contributed by atoms with van der Waals surface area (Å²) in [5.41, 5.74) is 1.06. The number of hydrogen-bond acceptors (Lipinski definition) is 6. The van der Waals surface area contributed by atoms with E-state index < -0.39 is 0 Å². The fraction of sp³-hybridized carbons (Fsp3) is 0.500. The topological polar surface area (TPSA) is 71.0 Å². The van der Waals surface area contributed by atoms with Crippen LogP contribution in [0.4, 0.5) is 10.9 Å². The Morgan fingerprint density at radius 2 is 2.30 bits per heavy atom. The van der Waals surface area contributed by atoms with Crippen LogP contribution in [0.5, 0.6) is 0 Å². The van der Waals surface area contributed by atoms with E-state index in [0.717, 1.165) is 36.8 Å².